The Morgan fingerprint density at radius 1 is 1.05 bits per heavy atom. The van der Waals surface area contributed by atoms with E-state index in [1.54, 1.807) is 0 Å². The molecule has 0 bridgehead atoms. The number of hydrogen-bond donors (Lipinski definition) is 1. The van der Waals surface area contributed by atoms with Gasteiger partial charge in [-0.3, -0.25) is 0 Å². The van der Waals surface area contributed by atoms with Crippen LogP contribution in [-0.2, 0) is 0 Å². The Bertz CT molecular complexity index is 435. The molecule has 2 unspecified atom stereocenters. The first-order chi connectivity index (χ1) is 10.2. The number of ether oxygens (including phenoxy) is 1. The highest BCUT2D eigenvalue weighted by Crippen LogP contribution is 2.38. The molecule has 1 N–H and O–H groups in total. The quantitative estimate of drug-likeness (QED) is 0.831. The smallest absolute Gasteiger partial charge is 0.119 e. The Hall–Kier alpha value is -1.02. The molecule has 0 heterocycles. The van der Waals surface area contributed by atoms with Gasteiger partial charge in [0.15, 0.2) is 0 Å². The van der Waals surface area contributed by atoms with Crippen molar-refractivity contribution in [2.24, 2.45) is 5.92 Å². The van der Waals surface area contributed by atoms with Gasteiger partial charge in [0.1, 0.15) is 5.75 Å². The fraction of sp³-hybridized carbons (Fsp3) is 0.684. The lowest BCUT2D eigenvalue weighted by Crippen LogP contribution is -2.33. The molecule has 21 heavy (non-hydrogen) atoms. The van der Waals surface area contributed by atoms with Crippen LogP contribution in [0.5, 0.6) is 5.75 Å². The van der Waals surface area contributed by atoms with Crippen molar-refractivity contribution in [2.75, 3.05) is 6.54 Å². The van der Waals surface area contributed by atoms with Gasteiger partial charge in [-0.1, -0.05) is 38.8 Å². The SMILES string of the molecule is CC(C)NCC1CCCCC1c1ccc(OC2CC2)cc1. The summed E-state index contributed by atoms with van der Waals surface area (Å²) in [5, 5.41) is 3.64. The lowest BCUT2D eigenvalue weighted by molar-refractivity contribution is 0.288. The molecule has 1 aromatic carbocycles. The van der Waals surface area contributed by atoms with Gasteiger partial charge in [0.05, 0.1) is 6.10 Å². The van der Waals surface area contributed by atoms with E-state index in [0.29, 0.717) is 12.1 Å². The first-order valence-corrected chi connectivity index (χ1v) is 8.72. The minimum Gasteiger partial charge on any atom is -0.490 e. The molecule has 116 valence electrons. The highest BCUT2D eigenvalue weighted by Gasteiger charge is 2.27. The monoisotopic (exact) mass is 287 g/mol. The lowest BCUT2D eigenvalue weighted by Gasteiger charge is -2.33. The van der Waals surface area contributed by atoms with Crippen LogP contribution in [0, 0.1) is 5.92 Å². The summed E-state index contributed by atoms with van der Waals surface area (Å²) in [7, 11) is 0. The van der Waals surface area contributed by atoms with Crippen LogP contribution >= 0.6 is 0 Å². The second kappa shape index (κ2) is 6.83. The van der Waals surface area contributed by atoms with Gasteiger partial charge in [-0.2, -0.15) is 0 Å². The van der Waals surface area contributed by atoms with Crippen molar-refractivity contribution in [2.45, 2.75) is 70.4 Å². The van der Waals surface area contributed by atoms with E-state index in [9.17, 15) is 0 Å². The summed E-state index contributed by atoms with van der Waals surface area (Å²) in [5.41, 5.74) is 1.51. The Labute approximate surface area is 129 Å². The third-order valence-corrected chi connectivity index (χ3v) is 4.83. The second-order valence-corrected chi connectivity index (χ2v) is 7.10. The van der Waals surface area contributed by atoms with E-state index in [0.717, 1.165) is 24.1 Å². The maximum absolute atomic E-state index is 5.86. The van der Waals surface area contributed by atoms with Crippen LogP contribution in [0.15, 0.2) is 24.3 Å². The number of nitrogens with one attached hydrogen (secondary N) is 1. The van der Waals surface area contributed by atoms with Gasteiger partial charge in [-0.05, 0) is 61.8 Å². The van der Waals surface area contributed by atoms with Gasteiger partial charge in [-0.25, -0.2) is 0 Å². The summed E-state index contributed by atoms with van der Waals surface area (Å²) in [6.07, 6.45) is 8.43. The molecule has 0 radical (unpaired) electrons. The number of rotatable bonds is 6. The van der Waals surface area contributed by atoms with E-state index in [-0.39, 0.29) is 0 Å². The summed E-state index contributed by atoms with van der Waals surface area (Å²) < 4.78 is 5.86. The summed E-state index contributed by atoms with van der Waals surface area (Å²) in [4.78, 5) is 0. The molecule has 2 aliphatic carbocycles. The molecular formula is C19H29NO. The normalized spacial score (nSPS) is 26.0. The van der Waals surface area contributed by atoms with Gasteiger partial charge in [0, 0.05) is 6.04 Å². The number of benzene rings is 1. The third kappa shape index (κ3) is 4.23. The molecule has 2 atom stereocenters. The molecule has 0 saturated heterocycles. The second-order valence-electron chi connectivity index (χ2n) is 7.10. The molecule has 0 aromatic heterocycles. The van der Waals surface area contributed by atoms with E-state index in [4.69, 9.17) is 4.74 Å². The summed E-state index contributed by atoms with van der Waals surface area (Å²) in [6.45, 7) is 5.63. The van der Waals surface area contributed by atoms with Crippen LogP contribution in [0.3, 0.4) is 0 Å². The fourth-order valence-electron chi connectivity index (χ4n) is 3.45. The Balaban J connectivity index is 1.63. The molecule has 2 nitrogen and oxygen atoms in total. The molecule has 0 amide bonds. The zero-order chi connectivity index (χ0) is 14.7. The summed E-state index contributed by atoms with van der Waals surface area (Å²) >= 11 is 0. The summed E-state index contributed by atoms with van der Waals surface area (Å²) in [6, 6.07) is 9.54. The van der Waals surface area contributed by atoms with E-state index in [1.807, 2.05) is 0 Å². The van der Waals surface area contributed by atoms with Crippen LogP contribution < -0.4 is 10.1 Å². The zero-order valence-electron chi connectivity index (χ0n) is 13.5. The predicted molar refractivity (Wildman–Crippen MR) is 87.9 cm³/mol. The maximum Gasteiger partial charge on any atom is 0.119 e. The fourth-order valence-corrected chi connectivity index (χ4v) is 3.45. The summed E-state index contributed by atoms with van der Waals surface area (Å²) in [5.74, 6) is 2.56. The molecule has 2 aliphatic rings. The minimum absolute atomic E-state index is 0.494. The molecule has 2 fully saturated rings. The van der Waals surface area contributed by atoms with Gasteiger partial charge in [0.2, 0.25) is 0 Å². The maximum atomic E-state index is 5.86. The molecule has 1 aromatic rings. The van der Waals surface area contributed by atoms with Gasteiger partial charge < -0.3 is 10.1 Å². The van der Waals surface area contributed by atoms with Gasteiger partial charge in [-0.15, -0.1) is 0 Å². The minimum atomic E-state index is 0.494. The van der Waals surface area contributed by atoms with E-state index < -0.39 is 0 Å². The predicted octanol–water partition coefficient (Wildman–Crippen LogP) is 4.50. The highest BCUT2D eigenvalue weighted by atomic mass is 16.5. The Morgan fingerprint density at radius 3 is 2.43 bits per heavy atom. The molecule has 2 saturated carbocycles. The van der Waals surface area contributed by atoms with Crippen molar-refractivity contribution in [3.8, 4) is 5.75 Å². The van der Waals surface area contributed by atoms with Crippen LogP contribution in [0.2, 0.25) is 0 Å². The molecule has 0 aliphatic heterocycles. The first kappa shape index (κ1) is 14.9. The zero-order valence-corrected chi connectivity index (χ0v) is 13.5. The van der Waals surface area contributed by atoms with E-state index in [2.05, 4.69) is 43.4 Å². The topological polar surface area (TPSA) is 21.3 Å². The molecule has 2 heteroatoms. The molecule has 3 rings (SSSR count). The van der Waals surface area contributed by atoms with Crippen LogP contribution in [0.25, 0.3) is 0 Å². The average Bonchev–Trinajstić information content (AvgIpc) is 3.30. The van der Waals surface area contributed by atoms with Crippen molar-refractivity contribution in [1.29, 1.82) is 0 Å². The van der Waals surface area contributed by atoms with Gasteiger partial charge in [0.25, 0.3) is 0 Å². The van der Waals surface area contributed by atoms with Crippen molar-refractivity contribution >= 4 is 0 Å². The molecular weight excluding hydrogens is 258 g/mol. The van der Waals surface area contributed by atoms with Gasteiger partial charge >= 0.3 is 0 Å². The lowest BCUT2D eigenvalue weighted by atomic mass is 9.75. The largest absolute Gasteiger partial charge is 0.490 e. The average molecular weight is 287 g/mol. The third-order valence-electron chi connectivity index (χ3n) is 4.83. The van der Waals surface area contributed by atoms with Crippen LogP contribution in [0.1, 0.15) is 63.9 Å². The van der Waals surface area contributed by atoms with Crippen molar-refractivity contribution in [3.63, 3.8) is 0 Å². The van der Waals surface area contributed by atoms with E-state index >= 15 is 0 Å². The highest BCUT2D eigenvalue weighted by molar-refractivity contribution is 5.30. The molecule has 0 spiro atoms. The van der Waals surface area contributed by atoms with E-state index in [1.165, 1.54) is 44.1 Å². The van der Waals surface area contributed by atoms with Crippen molar-refractivity contribution in [1.82, 2.24) is 5.32 Å². The van der Waals surface area contributed by atoms with Crippen LogP contribution in [0.4, 0.5) is 0 Å². The number of hydrogen-bond acceptors (Lipinski definition) is 2. The van der Waals surface area contributed by atoms with Crippen molar-refractivity contribution in [3.05, 3.63) is 29.8 Å². The Morgan fingerprint density at radius 2 is 1.76 bits per heavy atom. The van der Waals surface area contributed by atoms with Crippen LogP contribution in [-0.4, -0.2) is 18.7 Å². The first-order valence-electron chi connectivity index (χ1n) is 8.72. The Kier molecular flexibility index (Phi) is 4.84. The van der Waals surface area contributed by atoms with Crippen molar-refractivity contribution < 1.29 is 4.74 Å². The standard InChI is InChI=1S/C19H29NO/c1-14(2)20-13-16-5-3-4-6-19(16)15-7-9-17(10-8-15)21-18-11-12-18/h7-10,14,16,18-20H,3-6,11-13H2,1-2H3.